The molecular weight excluding hydrogens is 295 g/mol. The highest BCUT2D eigenvalue weighted by atomic mass is 32.1. The second-order valence-corrected chi connectivity index (χ2v) is 6.56. The molecule has 0 saturated carbocycles. The van der Waals surface area contributed by atoms with Gasteiger partial charge in [0.1, 0.15) is 0 Å². The average Bonchev–Trinajstić information content (AvgIpc) is 3.03. The van der Waals surface area contributed by atoms with Crippen LogP contribution in [-0.2, 0) is 0 Å². The fraction of sp³-hybridized carbons (Fsp3) is 0.312. The van der Waals surface area contributed by atoms with E-state index in [0.717, 1.165) is 29.4 Å². The fourth-order valence-electron chi connectivity index (χ4n) is 2.80. The minimum absolute atomic E-state index is 0.0997. The van der Waals surface area contributed by atoms with Crippen molar-refractivity contribution in [1.82, 2.24) is 4.90 Å². The van der Waals surface area contributed by atoms with Gasteiger partial charge in [0.15, 0.2) is 0 Å². The third kappa shape index (κ3) is 3.03. The molecule has 1 fully saturated rings. The van der Waals surface area contributed by atoms with Crippen LogP contribution >= 0.6 is 11.3 Å². The highest BCUT2D eigenvalue weighted by Gasteiger charge is 2.28. The second kappa shape index (κ2) is 6.54. The highest BCUT2D eigenvalue weighted by molar-refractivity contribution is 7.24. The van der Waals surface area contributed by atoms with Crippen LogP contribution in [0.5, 0.6) is 0 Å². The number of carbonyl (C=O) groups excluding carboxylic acids is 1. The molecule has 0 bridgehead atoms. The van der Waals surface area contributed by atoms with E-state index in [4.69, 9.17) is 5.02 Å². The van der Waals surface area contributed by atoms with Crippen molar-refractivity contribution >= 4 is 34.5 Å². The van der Waals surface area contributed by atoms with E-state index < -0.39 is 0 Å². The van der Waals surface area contributed by atoms with Crippen LogP contribution in [-0.4, -0.2) is 49.0 Å². The summed E-state index contributed by atoms with van der Waals surface area (Å²) in [4.78, 5) is 16.7. The lowest BCUT2D eigenvalue weighted by Crippen LogP contribution is -2.53. The van der Waals surface area contributed by atoms with Gasteiger partial charge in [0.05, 0.1) is 5.00 Å². The summed E-state index contributed by atoms with van der Waals surface area (Å²) < 4.78 is 0.852. The number of hydrogen-bond acceptors (Lipinski definition) is 4. The van der Waals surface area contributed by atoms with Crippen LogP contribution in [0, 0.1) is 0 Å². The normalized spacial score (nSPS) is 18.4. The Morgan fingerprint density at radius 1 is 1.23 bits per heavy atom. The van der Waals surface area contributed by atoms with E-state index in [1.54, 1.807) is 11.3 Å². The molecule has 1 atom stereocenters. The summed E-state index contributed by atoms with van der Waals surface area (Å²) in [6.45, 7) is 4.37. The maximum Gasteiger partial charge on any atom is 0.337 e. The standard InChI is InChI=1S/C16H18BN2O2S/c1-12-11-18(16(20)13-5-3-2-4-6-13)9-10-19(12)15-8-7-14(17-21)22-15/h2-8,12,21H,9-11H2,1H3. The molecule has 1 aliphatic rings. The van der Waals surface area contributed by atoms with Crippen LogP contribution in [0.25, 0.3) is 0 Å². The van der Waals surface area contributed by atoms with Crippen LogP contribution in [0.3, 0.4) is 0 Å². The molecule has 2 aromatic rings. The maximum atomic E-state index is 12.5. The predicted molar refractivity (Wildman–Crippen MR) is 91.1 cm³/mol. The van der Waals surface area contributed by atoms with Gasteiger partial charge in [0.25, 0.3) is 5.91 Å². The predicted octanol–water partition coefficient (Wildman–Crippen LogP) is 1.34. The van der Waals surface area contributed by atoms with Crippen molar-refractivity contribution in [1.29, 1.82) is 0 Å². The van der Waals surface area contributed by atoms with E-state index in [1.165, 1.54) is 0 Å². The first-order valence-electron chi connectivity index (χ1n) is 7.37. The largest absolute Gasteiger partial charge is 0.449 e. The summed E-state index contributed by atoms with van der Waals surface area (Å²) >= 11 is 1.57. The minimum Gasteiger partial charge on any atom is -0.449 e. The number of carbonyl (C=O) groups is 1. The smallest absolute Gasteiger partial charge is 0.337 e. The van der Waals surface area contributed by atoms with E-state index >= 15 is 0 Å². The molecule has 1 aromatic heterocycles. The zero-order chi connectivity index (χ0) is 15.5. The molecule has 1 saturated heterocycles. The van der Waals surface area contributed by atoms with Gasteiger partial charge < -0.3 is 14.8 Å². The molecule has 3 rings (SSSR count). The summed E-state index contributed by atoms with van der Waals surface area (Å²) in [5.74, 6) is 0.0997. The number of rotatable bonds is 3. The van der Waals surface area contributed by atoms with Crippen molar-refractivity contribution < 1.29 is 9.82 Å². The SMILES string of the molecule is CC1CN(C(=O)c2ccccc2)CCN1c1ccc([B]O)s1. The Morgan fingerprint density at radius 2 is 2.00 bits per heavy atom. The monoisotopic (exact) mass is 313 g/mol. The molecule has 22 heavy (non-hydrogen) atoms. The first-order chi connectivity index (χ1) is 10.7. The Labute approximate surface area is 135 Å². The van der Waals surface area contributed by atoms with E-state index in [0.29, 0.717) is 13.1 Å². The molecule has 113 valence electrons. The van der Waals surface area contributed by atoms with Crippen molar-refractivity contribution in [2.75, 3.05) is 24.5 Å². The van der Waals surface area contributed by atoms with Crippen LogP contribution in [0.15, 0.2) is 42.5 Å². The zero-order valence-electron chi connectivity index (χ0n) is 12.5. The van der Waals surface area contributed by atoms with Gasteiger partial charge in [-0.1, -0.05) is 24.3 Å². The van der Waals surface area contributed by atoms with Gasteiger partial charge in [-0.25, -0.2) is 0 Å². The zero-order valence-corrected chi connectivity index (χ0v) is 13.3. The second-order valence-electron chi connectivity index (χ2n) is 5.46. The summed E-state index contributed by atoms with van der Waals surface area (Å²) in [5.41, 5.74) is 0.747. The van der Waals surface area contributed by atoms with E-state index in [9.17, 15) is 4.79 Å². The lowest BCUT2D eigenvalue weighted by molar-refractivity contribution is 0.0726. The lowest BCUT2D eigenvalue weighted by atomic mass is 10.0. The molecule has 1 unspecified atom stereocenters. The minimum atomic E-state index is 0.0997. The van der Waals surface area contributed by atoms with Crippen molar-refractivity contribution in [2.45, 2.75) is 13.0 Å². The third-order valence-electron chi connectivity index (χ3n) is 3.96. The van der Waals surface area contributed by atoms with Crippen molar-refractivity contribution in [3.8, 4) is 0 Å². The van der Waals surface area contributed by atoms with Crippen molar-refractivity contribution in [2.24, 2.45) is 0 Å². The Balaban J connectivity index is 1.68. The topological polar surface area (TPSA) is 43.8 Å². The molecule has 1 radical (unpaired) electrons. The lowest BCUT2D eigenvalue weighted by Gasteiger charge is -2.40. The Morgan fingerprint density at radius 3 is 2.64 bits per heavy atom. The van der Waals surface area contributed by atoms with Crippen LogP contribution < -0.4 is 9.68 Å². The number of amides is 1. The number of piperazine rings is 1. The van der Waals surface area contributed by atoms with Crippen LogP contribution in [0.1, 0.15) is 17.3 Å². The molecule has 0 aliphatic carbocycles. The Bertz CT molecular complexity index is 647. The summed E-state index contributed by atoms with van der Waals surface area (Å²) in [7, 11) is 1.13. The average molecular weight is 313 g/mol. The number of thiophene rings is 1. The first kappa shape index (κ1) is 15.1. The molecule has 2 heterocycles. The molecule has 1 aromatic carbocycles. The van der Waals surface area contributed by atoms with Gasteiger partial charge in [0, 0.05) is 36.0 Å². The van der Waals surface area contributed by atoms with Crippen LogP contribution in [0.4, 0.5) is 5.00 Å². The van der Waals surface area contributed by atoms with E-state index in [1.807, 2.05) is 47.4 Å². The molecule has 0 spiro atoms. The quantitative estimate of drug-likeness (QED) is 0.870. The molecule has 1 aliphatic heterocycles. The highest BCUT2D eigenvalue weighted by Crippen LogP contribution is 2.25. The fourth-order valence-corrected chi connectivity index (χ4v) is 3.75. The summed E-state index contributed by atoms with van der Waals surface area (Å²) in [6.07, 6.45) is 0. The molecule has 1 N–H and O–H groups in total. The number of nitrogens with zero attached hydrogens (tertiary/aromatic N) is 2. The van der Waals surface area contributed by atoms with Gasteiger partial charge >= 0.3 is 7.48 Å². The number of benzene rings is 1. The van der Waals surface area contributed by atoms with Gasteiger partial charge in [-0.15, -0.1) is 11.3 Å². The van der Waals surface area contributed by atoms with Gasteiger partial charge in [-0.2, -0.15) is 0 Å². The molecule has 4 nitrogen and oxygen atoms in total. The number of hydrogen-bond donors (Lipinski definition) is 1. The molecule has 6 heteroatoms. The first-order valence-corrected chi connectivity index (χ1v) is 8.19. The number of anilines is 1. The summed E-state index contributed by atoms with van der Waals surface area (Å²) in [6, 6.07) is 13.6. The van der Waals surface area contributed by atoms with E-state index in [2.05, 4.69) is 11.8 Å². The van der Waals surface area contributed by atoms with Crippen molar-refractivity contribution in [3.05, 3.63) is 48.0 Å². The maximum absolute atomic E-state index is 12.5. The van der Waals surface area contributed by atoms with Crippen molar-refractivity contribution in [3.63, 3.8) is 0 Å². The van der Waals surface area contributed by atoms with Gasteiger partial charge in [-0.05, 0) is 25.1 Å². The van der Waals surface area contributed by atoms with Gasteiger partial charge in [0.2, 0.25) is 0 Å². The van der Waals surface area contributed by atoms with E-state index in [-0.39, 0.29) is 11.9 Å². The van der Waals surface area contributed by atoms with Gasteiger partial charge in [-0.3, -0.25) is 4.79 Å². The Kier molecular flexibility index (Phi) is 4.50. The Hall–Kier alpha value is -1.79. The van der Waals surface area contributed by atoms with Crippen LogP contribution in [0.2, 0.25) is 0 Å². The molecular formula is C16H18BN2O2S. The third-order valence-corrected chi connectivity index (χ3v) is 5.02. The molecule has 1 amide bonds. The summed E-state index contributed by atoms with van der Waals surface area (Å²) in [5, 5.41) is 10.2.